The molecule has 1 saturated heterocycles. The summed E-state index contributed by atoms with van der Waals surface area (Å²) in [5, 5.41) is 13.8. The summed E-state index contributed by atoms with van der Waals surface area (Å²) in [4.78, 5) is 23.1. The monoisotopic (exact) mass is 423 g/mol. The number of benzene rings is 2. The van der Waals surface area contributed by atoms with Crippen molar-refractivity contribution in [1.82, 2.24) is 4.31 Å². The smallest absolute Gasteiger partial charge is 0.282 e. The fraction of sp³-hybridized carbons (Fsp3) is 0.278. The van der Waals surface area contributed by atoms with Crippen molar-refractivity contribution < 1.29 is 18.1 Å². The number of carbonyl (C=O) groups excluding carboxylic acids is 1. The van der Waals surface area contributed by atoms with Gasteiger partial charge in [0, 0.05) is 29.9 Å². The first-order valence-electron chi connectivity index (χ1n) is 8.64. The van der Waals surface area contributed by atoms with Crippen LogP contribution in [0.3, 0.4) is 0 Å². The first-order chi connectivity index (χ1) is 13.3. The molecule has 1 N–H and O–H groups in total. The molecule has 0 radical (unpaired) electrons. The number of sulfonamides is 1. The van der Waals surface area contributed by atoms with Gasteiger partial charge in [-0.1, -0.05) is 24.1 Å². The number of nitrogens with zero attached hydrogens (tertiary/aromatic N) is 2. The van der Waals surface area contributed by atoms with Crippen molar-refractivity contribution in [2.45, 2.75) is 24.2 Å². The summed E-state index contributed by atoms with van der Waals surface area (Å²) in [6.07, 6.45) is 2.63. The summed E-state index contributed by atoms with van der Waals surface area (Å²) in [7, 11) is -3.66. The first kappa shape index (κ1) is 20.2. The zero-order valence-corrected chi connectivity index (χ0v) is 16.4. The van der Waals surface area contributed by atoms with Gasteiger partial charge in [-0.3, -0.25) is 14.9 Å². The number of anilines is 1. The van der Waals surface area contributed by atoms with Crippen LogP contribution >= 0.6 is 11.6 Å². The van der Waals surface area contributed by atoms with Crippen molar-refractivity contribution in [3.63, 3.8) is 0 Å². The molecule has 8 nitrogen and oxygen atoms in total. The van der Waals surface area contributed by atoms with E-state index in [-0.39, 0.29) is 26.9 Å². The van der Waals surface area contributed by atoms with Crippen LogP contribution in [0.4, 0.5) is 11.4 Å². The number of carbonyl (C=O) groups is 1. The Morgan fingerprint density at radius 1 is 1.11 bits per heavy atom. The van der Waals surface area contributed by atoms with Crippen LogP contribution in [0.5, 0.6) is 0 Å². The Hall–Kier alpha value is -2.49. The van der Waals surface area contributed by atoms with E-state index >= 15 is 0 Å². The molecule has 148 valence electrons. The SMILES string of the molecule is O=C(Nc1cccc(S(=O)(=O)N2CCCCC2)c1)c1cc(Cl)ccc1[N+](=O)[O-]. The van der Waals surface area contributed by atoms with Crippen molar-refractivity contribution in [3.05, 3.63) is 63.2 Å². The summed E-state index contributed by atoms with van der Waals surface area (Å²) in [5.41, 5.74) is -0.377. The standard InChI is InChI=1S/C18H18ClN3O5S/c19-13-7-8-17(22(24)25)16(11-13)18(23)20-14-5-4-6-15(12-14)28(26,27)21-9-2-1-3-10-21/h4-8,11-12H,1-3,9-10H2,(H,20,23). The Morgan fingerprint density at radius 2 is 1.82 bits per heavy atom. The summed E-state index contributed by atoms with van der Waals surface area (Å²) in [6, 6.07) is 9.50. The Morgan fingerprint density at radius 3 is 2.50 bits per heavy atom. The molecular weight excluding hydrogens is 406 g/mol. The largest absolute Gasteiger partial charge is 0.322 e. The van der Waals surface area contributed by atoms with Gasteiger partial charge < -0.3 is 5.32 Å². The molecule has 2 aromatic rings. The summed E-state index contributed by atoms with van der Waals surface area (Å²) in [5.74, 6) is -0.748. The molecule has 1 amide bonds. The minimum absolute atomic E-state index is 0.0628. The third-order valence-electron chi connectivity index (χ3n) is 4.44. The first-order valence-corrected chi connectivity index (χ1v) is 10.5. The normalized spacial score (nSPS) is 15.2. The van der Waals surface area contributed by atoms with E-state index in [9.17, 15) is 23.3 Å². The van der Waals surface area contributed by atoms with Crippen LogP contribution in [0.2, 0.25) is 5.02 Å². The zero-order valence-electron chi connectivity index (χ0n) is 14.8. The van der Waals surface area contributed by atoms with Gasteiger partial charge in [0.2, 0.25) is 10.0 Å². The highest BCUT2D eigenvalue weighted by Gasteiger charge is 2.26. The van der Waals surface area contributed by atoms with Gasteiger partial charge in [-0.15, -0.1) is 0 Å². The molecule has 2 aromatic carbocycles. The van der Waals surface area contributed by atoms with Crippen molar-refractivity contribution in [2.24, 2.45) is 0 Å². The molecular formula is C18H18ClN3O5S. The Bertz CT molecular complexity index is 1020. The van der Waals surface area contributed by atoms with E-state index in [2.05, 4.69) is 5.32 Å². The Balaban J connectivity index is 1.87. The van der Waals surface area contributed by atoms with Crippen LogP contribution in [0.15, 0.2) is 47.4 Å². The number of rotatable bonds is 5. The lowest BCUT2D eigenvalue weighted by atomic mass is 10.1. The molecule has 0 unspecified atom stereocenters. The molecule has 1 aliphatic heterocycles. The molecule has 0 aliphatic carbocycles. The summed E-state index contributed by atoms with van der Waals surface area (Å²) >= 11 is 5.85. The van der Waals surface area contributed by atoms with E-state index in [0.717, 1.165) is 25.3 Å². The van der Waals surface area contributed by atoms with E-state index in [0.29, 0.717) is 13.1 Å². The lowest BCUT2D eigenvalue weighted by Gasteiger charge is -2.26. The second kappa shape index (κ2) is 8.26. The minimum Gasteiger partial charge on any atom is -0.322 e. The van der Waals surface area contributed by atoms with Gasteiger partial charge in [0.05, 0.1) is 9.82 Å². The molecule has 1 fully saturated rings. The van der Waals surface area contributed by atoms with E-state index in [4.69, 9.17) is 11.6 Å². The molecule has 3 rings (SSSR count). The van der Waals surface area contributed by atoms with Crippen molar-refractivity contribution >= 4 is 38.9 Å². The molecule has 1 aliphatic rings. The van der Waals surface area contributed by atoms with E-state index in [1.54, 1.807) is 0 Å². The van der Waals surface area contributed by atoms with Crippen LogP contribution in [-0.2, 0) is 10.0 Å². The number of amides is 1. The van der Waals surface area contributed by atoms with Gasteiger partial charge in [-0.05, 0) is 43.2 Å². The van der Waals surface area contributed by atoms with Crippen molar-refractivity contribution in [2.75, 3.05) is 18.4 Å². The Labute approximate surface area is 167 Å². The number of hydrogen-bond acceptors (Lipinski definition) is 5. The maximum atomic E-state index is 12.8. The average molecular weight is 424 g/mol. The summed E-state index contributed by atoms with van der Waals surface area (Å²) < 4.78 is 27.0. The fourth-order valence-electron chi connectivity index (χ4n) is 3.04. The van der Waals surface area contributed by atoms with E-state index in [1.807, 2.05) is 0 Å². The molecule has 0 bridgehead atoms. The van der Waals surface area contributed by atoms with Crippen molar-refractivity contribution in [3.8, 4) is 0 Å². The molecule has 0 spiro atoms. The maximum absolute atomic E-state index is 12.8. The lowest BCUT2D eigenvalue weighted by Crippen LogP contribution is -2.35. The van der Waals surface area contributed by atoms with E-state index < -0.39 is 20.9 Å². The fourth-order valence-corrected chi connectivity index (χ4v) is 4.77. The lowest BCUT2D eigenvalue weighted by molar-refractivity contribution is -0.385. The zero-order chi connectivity index (χ0) is 20.3. The number of halogens is 1. The van der Waals surface area contributed by atoms with Crippen LogP contribution in [0.25, 0.3) is 0 Å². The highest BCUT2D eigenvalue weighted by Crippen LogP contribution is 2.26. The van der Waals surface area contributed by atoms with Crippen LogP contribution < -0.4 is 5.32 Å². The van der Waals surface area contributed by atoms with Gasteiger partial charge in [-0.25, -0.2) is 8.42 Å². The van der Waals surface area contributed by atoms with Gasteiger partial charge in [-0.2, -0.15) is 4.31 Å². The number of piperidine rings is 1. The van der Waals surface area contributed by atoms with Gasteiger partial charge >= 0.3 is 0 Å². The number of nitro groups is 1. The quantitative estimate of drug-likeness (QED) is 0.582. The second-order valence-electron chi connectivity index (χ2n) is 6.37. The maximum Gasteiger partial charge on any atom is 0.282 e. The predicted molar refractivity (Wildman–Crippen MR) is 105 cm³/mol. The average Bonchev–Trinajstić information content (AvgIpc) is 2.68. The van der Waals surface area contributed by atoms with Crippen LogP contribution in [0.1, 0.15) is 29.6 Å². The third-order valence-corrected chi connectivity index (χ3v) is 6.57. The Kier molecular flexibility index (Phi) is 5.97. The number of nitrogens with one attached hydrogen (secondary N) is 1. The van der Waals surface area contributed by atoms with Gasteiger partial charge in [0.15, 0.2) is 0 Å². The molecule has 1 heterocycles. The second-order valence-corrected chi connectivity index (χ2v) is 8.74. The highest BCUT2D eigenvalue weighted by atomic mass is 35.5. The number of nitro benzene ring substituents is 1. The molecule has 28 heavy (non-hydrogen) atoms. The van der Waals surface area contributed by atoms with Gasteiger partial charge in [0.25, 0.3) is 11.6 Å². The molecule has 0 aromatic heterocycles. The van der Waals surface area contributed by atoms with E-state index in [1.165, 1.54) is 40.7 Å². The van der Waals surface area contributed by atoms with Crippen molar-refractivity contribution in [1.29, 1.82) is 0 Å². The predicted octanol–water partition coefficient (Wildman–Crippen LogP) is 3.68. The highest BCUT2D eigenvalue weighted by molar-refractivity contribution is 7.89. The molecule has 10 heteroatoms. The molecule has 0 saturated carbocycles. The van der Waals surface area contributed by atoms with Gasteiger partial charge in [0.1, 0.15) is 5.56 Å². The molecule has 0 atom stereocenters. The summed E-state index contributed by atoms with van der Waals surface area (Å²) in [6.45, 7) is 0.932. The third kappa shape index (κ3) is 4.32. The minimum atomic E-state index is -3.66. The van der Waals surface area contributed by atoms with Crippen LogP contribution in [-0.4, -0.2) is 36.6 Å². The van der Waals surface area contributed by atoms with Crippen LogP contribution in [0, 0.1) is 10.1 Å². The topological polar surface area (TPSA) is 110 Å². The number of hydrogen-bond donors (Lipinski definition) is 1.